The van der Waals surface area contributed by atoms with Crippen LogP contribution >= 0.6 is 23.2 Å². The van der Waals surface area contributed by atoms with Gasteiger partial charge in [-0.15, -0.1) is 0 Å². The van der Waals surface area contributed by atoms with Crippen LogP contribution in [-0.4, -0.2) is 73.2 Å². The van der Waals surface area contributed by atoms with Crippen LogP contribution in [0.25, 0.3) is 0 Å². The molecule has 2 aliphatic rings. The molecule has 1 aromatic rings. The summed E-state index contributed by atoms with van der Waals surface area (Å²) in [7, 11) is 3.58. The number of carbonyl (C=O) groups is 1. The molecule has 29 heavy (non-hydrogen) atoms. The minimum Gasteiger partial charge on any atom is -0.365 e. The van der Waals surface area contributed by atoms with Gasteiger partial charge in [0.1, 0.15) is 5.15 Å². The summed E-state index contributed by atoms with van der Waals surface area (Å²) in [6.45, 7) is 6.40. The van der Waals surface area contributed by atoms with E-state index in [9.17, 15) is 4.79 Å². The van der Waals surface area contributed by atoms with Crippen LogP contribution in [0.15, 0.2) is 12.3 Å². The van der Waals surface area contributed by atoms with Crippen LogP contribution in [0.4, 0.5) is 10.5 Å². The van der Waals surface area contributed by atoms with E-state index in [-0.39, 0.29) is 6.03 Å². The SMILES string of the molecule is C[C@@H]1CN(CCC2CCC(NC(=O)N(C)C)CC2)CCN1c1cc(Cl)ncc1Cl. The standard InChI is InChI=1S/C21H33Cl2N5O/c1-15-14-27(10-11-28(15)19-12-20(23)24-13-18(19)22)9-8-16-4-6-17(7-5-16)25-21(29)26(2)3/h12-13,15-17H,4-11,14H2,1-3H3,(H,25,29)/t15-,16?,17?/m1/s1. The summed E-state index contributed by atoms with van der Waals surface area (Å²) in [5.41, 5.74) is 0.983. The molecule has 1 aliphatic heterocycles. The number of piperazine rings is 1. The minimum absolute atomic E-state index is 0.0240. The predicted octanol–water partition coefficient (Wildman–Crippen LogP) is 4.12. The average molecular weight is 442 g/mol. The zero-order valence-electron chi connectivity index (χ0n) is 17.7. The van der Waals surface area contributed by atoms with Crippen molar-refractivity contribution in [3.8, 4) is 0 Å². The third kappa shape index (κ3) is 6.12. The molecule has 2 heterocycles. The highest BCUT2D eigenvalue weighted by atomic mass is 35.5. The molecular weight excluding hydrogens is 409 g/mol. The molecule has 0 aromatic carbocycles. The zero-order valence-corrected chi connectivity index (χ0v) is 19.2. The number of anilines is 1. The maximum Gasteiger partial charge on any atom is 0.317 e. The number of halogens is 2. The van der Waals surface area contributed by atoms with Crippen LogP contribution in [0.2, 0.25) is 10.2 Å². The lowest BCUT2D eigenvalue weighted by molar-refractivity contribution is 0.187. The lowest BCUT2D eigenvalue weighted by Crippen LogP contribution is -2.52. The highest BCUT2D eigenvalue weighted by Crippen LogP contribution is 2.31. The van der Waals surface area contributed by atoms with Crippen LogP contribution in [0.1, 0.15) is 39.0 Å². The Hall–Kier alpha value is -1.24. The highest BCUT2D eigenvalue weighted by Gasteiger charge is 2.27. The molecule has 6 nitrogen and oxygen atoms in total. The first-order valence-electron chi connectivity index (χ1n) is 10.6. The smallest absolute Gasteiger partial charge is 0.317 e. The Morgan fingerprint density at radius 3 is 2.62 bits per heavy atom. The summed E-state index contributed by atoms with van der Waals surface area (Å²) in [6, 6.07) is 2.61. The summed E-state index contributed by atoms with van der Waals surface area (Å²) in [6.07, 6.45) is 7.47. The molecule has 1 atom stereocenters. The molecule has 1 aliphatic carbocycles. The lowest BCUT2D eigenvalue weighted by Gasteiger charge is -2.42. The van der Waals surface area contributed by atoms with E-state index < -0.39 is 0 Å². The zero-order chi connectivity index (χ0) is 21.0. The first-order valence-corrected chi connectivity index (χ1v) is 11.4. The van der Waals surface area contributed by atoms with Crippen LogP contribution in [0, 0.1) is 5.92 Å². The molecule has 0 radical (unpaired) electrons. The fourth-order valence-electron chi connectivity index (χ4n) is 4.48. The van der Waals surface area contributed by atoms with Gasteiger partial charge in [-0.25, -0.2) is 9.78 Å². The van der Waals surface area contributed by atoms with E-state index in [1.165, 1.54) is 19.3 Å². The third-order valence-corrected chi connectivity index (χ3v) is 6.75. The largest absolute Gasteiger partial charge is 0.365 e. The molecule has 2 amide bonds. The maximum absolute atomic E-state index is 11.8. The van der Waals surface area contributed by atoms with Gasteiger partial charge in [-0.1, -0.05) is 23.2 Å². The first kappa shape index (κ1) is 22.4. The Morgan fingerprint density at radius 2 is 1.97 bits per heavy atom. The van der Waals surface area contributed by atoms with Crippen molar-refractivity contribution in [2.24, 2.45) is 5.92 Å². The summed E-state index contributed by atoms with van der Waals surface area (Å²) < 4.78 is 0. The van der Waals surface area contributed by atoms with Crippen molar-refractivity contribution in [2.45, 2.75) is 51.1 Å². The molecule has 3 rings (SSSR count). The summed E-state index contributed by atoms with van der Waals surface area (Å²) >= 11 is 12.4. The number of urea groups is 1. The molecule has 0 spiro atoms. The van der Waals surface area contributed by atoms with Gasteiger partial charge >= 0.3 is 6.03 Å². The van der Waals surface area contributed by atoms with E-state index in [4.69, 9.17) is 23.2 Å². The number of pyridine rings is 1. The van der Waals surface area contributed by atoms with Crippen molar-refractivity contribution in [2.75, 3.05) is 45.2 Å². The highest BCUT2D eigenvalue weighted by molar-refractivity contribution is 6.34. The number of nitrogens with zero attached hydrogens (tertiary/aromatic N) is 4. The molecule has 0 unspecified atom stereocenters. The summed E-state index contributed by atoms with van der Waals surface area (Å²) in [4.78, 5) is 22.4. The molecular formula is C21H33Cl2N5O. The number of nitrogens with one attached hydrogen (secondary N) is 1. The Kier molecular flexibility index (Phi) is 7.88. The monoisotopic (exact) mass is 441 g/mol. The number of hydrogen-bond acceptors (Lipinski definition) is 4. The van der Waals surface area contributed by atoms with E-state index in [0.717, 1.165) is 50.6 Å². The van der Waals surface area contributed by atoms with Crippen molar-refractivity contribution >= 4 is 34.9 Å². The van der Waals surface area contributed by atoms with Gasteiger partial charge in [0.05, 0.1) is 10.7 Å². The van der Waals surface area contributed by atoms with Gasteiger partial charge in [0.25, 0.3) is 0 Å². The minimum atomic E-state index is 0.0240. The number of rotatable bonds is 5. The second kappa shape index (κ2) is 10.2. The predicted molar refractivity (Wildman–Crippen MR) is 120 cm³/mol. The van der Waals surface area contributed by atoms with Crippen LogP contribution in [0.5, 0.6) is 0 Å². The molecule has 8 heteroatoms. The Balaban J connectivity index is 1.41. The van der Waals surface area contributed by atoms with Crippen molar-refractivity contribution < 1.29 is 4.79 Å². The second-order valence-corrected chi connectivity index (χ2v) is 9.45. The summed E-state index contributed by atoms with van der Waals surface area (Å²) in [5, 5.41) is 4.27. The number of hydrogen-bond donors (Lipinski definition) is 1. The van der Waals surface area contributed by atoms with E-state index in [1.807, 2.05) is 6.07 Å². The summed E-state index contributed by atoms with van der Waals surface area (Å²) in [5.74, 6) is 0.768. The first-order chi connectivity index (χ1) is 13.8. The van der Waals surface area contributed by atoms with Crippen molar-refractivity contribution in [3.63, 3.8) is 0 Å². The maximum atomic E-state index is 11.8. The average Bonchev–Trinajstić information content (AvgIpc) is 2.69. The number of amides is 2. The van der Waals surface area contributed by atoms with Gasteiger partial charge in [0, 0.05) is 58.1 Å². The van der Waals surface area contributed by atoms with E-state index >= 15 is 0 Å². The van der Waals surface area contributed by atoms with E-state index in [0.29, 0.717) is 22.3 Å². The normalized spacial score (nSPS) is 25.7. The van der Waals surface area contributed by atoms with Gasteiger partial charge in [0.15, 0.2) is 0 Å². The third-order valence-electron chi connectivity index (χ3n) is 6.26. The van der Waals surface area contributed by atoms with Crippen LogP contribution < -0.4 is 10.2 Å². The van der Waals surface area contributed by atoms with E-state index in [2.05, 4.69) is 27.0 Å². The van der Waals surface area contributed by atoms with Gasteiger partial charge in [0.2, 0.25) is 0 Å². The van der Waals surface area contributed by atoms with Gasteiger partial charge in [-0.3, -0.25) is 4.90 Å². The molecule has 1 saturated heterocycles. The van der Waals surface area contributed by atoms with Gasteiger partial charge in [-0.05, 0) is 51.5 Å². The Morgan fingerprint density at radius 1 is 1.24 bits per heavy atom. The number of aromatic nitrogens is 1. The van der Waals surface area contributed by atoms with Gasteiger partial charge in [-0.2, -0.15) is 0 Å². The van der Waals surface area contributed by atoms with Crippen molar-refractivity contribution in [3.05, 3.63) is 22.4 Å². The van der Waals surface area contributed by atoms with Crippen molar-refractivity contribution in [1.82, 2.24) is 20.1 Å². The molecule has 1 aromatic heterocycles. The molecule has 0 bridgehead atoms. The lowest BCUT2D eigenvalue weighted by atomic mass is 9.84. The second-order valence-electron chi connectivity index (χ2n) is 8.65. The molecule has 1 saturated carbocycles. The van der Waals surface area contributed by atoms with Gasteiger partial charge < -0.3 is 15.1 Å². The molecule has 1 N–H and O–H groups in total. The molecule has 2 fully saturated rings. The topological polar surface area (TPSA) is 51.7 Å². The number of carbonyl (C=O) groups excluding carboxylic acids is 1. The Bertz CT molecular complexity index is 694. The fraction of sp³-hybridized carbons (Fsp3) is 0.714. The van der Waals surface area contributed by atoms with Crippen LogP contribution in [-0.2, 0) is 0 Å². The Labute approximate surface area is 184 Å². The quantitative estimate of drug-likeness (QED) is 0.698. The molecule has 162 valence electrons. The van der Waals surface area contributed by atoms with Crippen molar-refractivity contribution in [1.29, 1.82) is 0 Å². The van der Waals surface area contributed by atoms with Crippen LogP contribution in [0.3, 0.4) is 0 Å². The fourth-order valence-corrected chi connectivity index (χ4v) is 4.85. The van der Waals surface area contributed by atoms with E-state index in [1.54, 1.807) is 25.2 Å².